The van der Waals surface area contributed by atoms with Crippen LogP contribution in [-0.4, -0.2) is 24.3 Å². The van der Waals surface area contributed by atoms with E-state index in [0.29, 0.717) is 0 Å². The molecule has 0 heterocycles. The number of alkyl carbamates (subject to hydrolysis) is 1. The molecule has 0 bridgehead atoms. The molecule has 1 amide bonds. The quantitative estimate of drug-likeness (QED) is 0.912. The van der Waals surface area contributed by atoms with Gasteiger partial charge in [-0.1, -0.05) is 12.1 Å². The number of carbonyl (C=O) groups excluding carboxylic acids is 1. The summed E-state index contributed by atoms with van der Waals surface area (Å²) in [6.07, 6.45) is -5.13. The number of para-hydroxylation sites is 1. The van der Waals surface area contributed by atoms with Gasteiger partial charge in [-0.15, -0.1) is 0 Å². The van der Waals surface area contributed by atoms with E-state index in [1.165, 1.54) is 18.2 Å². The molecule has 0 fully saturated rings. The number of amides is 1. The zero-order valence-electron chi connectivity index (χ0n) is 13.0. The van der Waals surface area contributed by atoms with E-state index in [2.05, 4.69) is 5.32 Å². The van der Waals surface area contributed by atoms with Gasteiger partial charge in [0.25, 0.3) is 0 Å². The van der Waals surface area contributed by atoms with Gasteiger partial charge in [0, 0.05) is 0 Å². The van der Waals surface area contributed by atoms with Crippen LogP contribution >= 0.6 is 0 Å². The Morgan fingerprint density at radius 1 is 1.23 bits per heavy atom. The molecule has 1 N–H and O–H groups in total. The Labute approximate surface area is 127 Å². The lowest BCUT2D eigenvalue weighted by molar-refractivity contribution is -0.139. The summed E-state index contributed by atoms with van der Waals surface area (Å²) >= 11 is 0. The van der Waals surface area contributed by atoms with Crippen molar-refractivity contribution in [2.24, 2.45) is 0 Å². The first-order valence-electron chi connectivity index (χ1n) is 6.77. The normalized spacial score (nSPS) is 13.4. The molecule has 1 rings (SSSR count). The summed E-state index contributed by atoms with van der Waals surface area (Å²) in [5.41, 5.74) is -1.49. The molecule has 0 aromatic heterocycles. The SMILES string of the molecule is C[C@H](COc1ccccc1C(F)(F)F)NC(=O)OC(C)(C)C. The molecule has 0 spiro atoms. The second-order valence-corrected chi connectivity index (χ2v) is 5.85. The predicted molar refractivity (Wildman–Crippen MR) is 75.8 cm³/mol. The van der Waals surface area contributed by atoms with Crippen molar-refractivity contribution in [2.45, 2.75) is 45.5 Å². The van der Waals surface area contributed by atoms with Crippen molar-refractivity contribution in [3.05, 3.63) is 29.8 Å². The number of carbonyl (C=O) groups is 1. The number of alkyl halides is 3. The number of halogens is 3. The Bertz CT molecular complexity index is 509. The average Bonchev–Trinajstić information content (AvgIpc) is 2.33. The molecule has 22 heavy (non-hydrogen) atoms. The summed E-state index contributed by atoms with van der Waals surface area (Å²) in [7, 11) is 0. The van der Waals surface area contributed by atoms with E-state index in [1.807, 2.05) is 0 Å². The van der Waals surface area contributed by atoms with Crippen LogP contribution in [0, 0.1) is 0 Å². The summed E-state index contributed by atoms with van der Waals surface area (Å²) in [5, 5.41) is 2.50. The molecule has 0 aliphatic carbocycles. The van der Waals surface area contributed by atoms with Crippen molar-refractivity contribution in [2.75, 3.05) is 6.61 Å². The lowest BCUT2D eigenvalue weighted by atomic mass is 10.2. The maximum atomic E-state index is 12.8. The average molecular weight is 319 g/mol. The third-order valence-electron chi connectivity index (χ3n) is 2.44. The first kappa shape index (κ1) is 18.1. The molecule has 7 heteroatoms. The molecular weight excluding hydrogens is 299 g/mol. The van der Waals surface area contributed by atoms with Gasteiger partial charge >= 0.3 is 12.3 Å². The first-order chi connectivity index (χ1) is 9.99. The van der Waals surface area contributed by atoms with Crippen molar-refractivity contribution in [1.82, 2.24) is 5.32 Å². The molecule has 1 aromatic rings. The van der Waals surface area contributed by atoms with Gasteiger partial charge in [-0.2, -0.15) is 13.2 Å². The molecular formula is C15H20F3NO3. The number of hydrogen-bond donors (Lipinski definition) is 1. The number of rotatable bonds is 4. The fraction of sp³-hybridized carbons (Fsp3) is 0.533. The standard InChI is InChI=1S/C15H20F3NO3/c1-10(19-13(20)22-14(2,3)4)9-21-12-8-6-5-7-11(12)15(16,17)18/h5-8,10H,9H2,1-4H3,(H,19,20)/t10-/m1/s1. The molecule has 0 unspecified atom stereocenters. The molecule has 1 aromatic carbocycles. The topological polar surface area (TPSA) is 47.6 Å². The number of benzene rings is 1. The van der Waals surface area contributed by atoms with Crippen LogP contribution in [-0.2, 0) is 10.9 Å². The van der Waals surface area contributed by atoms with E-state index in [4.69, 9.17) is 9.47 Å². The Kier molecular flexibility index (Phi) is 5.68. The maximum Gasteiger partial charge on any atom is 0.419 e. The van der Waals surface area contributed by atoms with E-state index < -0.39 is 29.5 Å². The minimum atomic E-state index is -4.49. The second kappa shape index (κ2) is 6.89. The number of hydrogen-bond acceptors (Lipinski definition) is 3. The van der Waals surface area contributed by atoms with Crippen molar-refractivity contribution in [3.8, 4) is 5.75 Å². The fourth-order valence-electron chi connectivity index (χ4n) is 1.59. The highest BCUT2D eigenvalue weighted by molar-refractivity contribution is 5.68. The molecule has 1 atom stereocenters. The predicted octanol–water partition coefficient (Wildman–Crippen LogP) is 4.00. The third kappa shape index (κ3) is 6.24. The van der Waals surface area contributed by atoms with Gasteiger partial charge < -0.3 is 14.8 Å². The van der Waals surface area contributed by atoms with E-state index in [1.54, 1.807) is 27.7 Å². The van der Waals surface area contributed by atoms with Crippen LogP contribution in [0.15, 0.2) is 24.3 Å². The van der Waals surface area contributed by atoms with Crippen LogP contribution in [0.5, 0.6) is 5.75 Å². The Morgan fingerprint density at radius 3 is 2.36 bits per heavy atom. The van der Waals surface area contributed by atoms with E-state index in [0.717, 1.165) is 6.07 Å². The van der Waals surface area contributed by atoms with Gasteiger partial charge in [0.05, 0.1) is 11.6 Å². The Morgan fingerprint density at radius 2 is 1.82 bits per heavy atom. The van der Waals surface area contributed by atoms with Gasteiger partial charge in [0.15, 0.2) is 0 Å². The van der Waals surface area contributed by atoms with E-state index >= 15 is 0 Å². The minimum Gasteiger partial charge on any atom is -0.491 e. The van der Waals surface area contributed by atoms with Gasteiger partial charge in [-0.25, -0.2) is 4.79 Å². The number of ether oxygens (including phenoxy) is 2. The summed E-state index contributed by atoms with van der Waals surface area (Å²) in [5.74, 6) is -0.271. The monoisotopic (exact) mass is 319 g/mol. The van der Waals surface area contributed by atoms with Gasteiger partial charge in [0.2, 0.25) is 0 Å². The molecule has 0 aliphatic rings. The van der Waals surface area contributed by atoms with E-state index in [9.17, 15) is 18.0 Å². The highest BCUT2D eigenvalue weighted by Gasteiger charge is 2.34. The lowest BCUT2D eigenvalue weighted by Gasteiger charge is -2.22. The minimum absolute atomic E-state index is 0.105. The van der Waals surface area contributed by atoms with Gasteiger partial charge in [-0.05, 0) is 39.8 Å². The zero-order valence-corrected chi connectivity index (χ0v) is 13.0. The molecule has 0 saturated carbocycles. The van der Waals surface area contributed by atoms with Crippen LogP contribution in [0.25, 0.3) is 0 Å². The molecule has 124 valence electrons. The van der Waals surface area contributed by atoms with Crippen LogP contribution in [0.2, 0.25) is 0 Å². The van der Waals surface area contributed by atoms with E-state index in [-0.39, 0.29) is 12.4 Å². The molecule has 4 nitrogen and oxygen atoms in total. The zero-order chi connectivity index (χ0) is 17.0. The molecule has 0 aliphatic heterocycles. The summed E-state index contributed by atoms with van der Waals surface area (Å²) in [6.45, 7) is 6.65. The highest BCUT2D eigenvalue weighted by atomic mass is 19.4. The van der Waals surface area contributed by atoms with Crippen molar-refractivity contribution >= 4 is 6.09 Å². The largest absolute Gasteiger partial charge is 0.491 e. The smallest absolute Gasteiger partial charge is 0.419 e. The number of nitrogens with one attached hydrogen (secondary N) is 1. The van der Waals surface area contributed by atoms with Crippen LogP contribution in [0.3, 0.4) is 0 Å². The van der Waals surface area contributed by atoms with Crippen molar-refractivity contribution < 1.29 is 27.4 Å². The van der Waals surface area contributed by atoms with Crippen LogP contribution in [0.1, 0.15) is 33.3 Å². The second-order valence-electron chi connectivity index (χ2n) is 5.85. The van der Waals surface area contributed by atoms with Crippen LogP contribution in [0.4, 0.5) is 18.0 Å². The fourth-order valence-corrected chi connectivity index (χ4v) is 1.59. The highest BCUT2D eigenvalue weighted by Crippen LogP contribution is 2.35. The molecule has 0 radical (unpaired) electrons. The lowest BCUT2D eigenvalue weighted by Crippen LogP contribution is -2.40. The van der Waals surface area contributed by atoms with Crippen molar-refractivity contribution in [1.29, 1.82) is 0 Å². The summed E-state index contributed by atoms with van der Waals surface area (Å²) < 4.78 is 48.6. The van der Waals surface area contributed by atoms with Gasteiger partial charge in [-0.3, -0.25) is 0 Å². The Balaban J connectivity index is 2.58. The Hall–Kier alpha value is -1.92. The van der Waals surface area contributed by atoms with Gasteiger partial charge in [0.1, 0.15) is 18.0 Å². The maximum absolute atomic E-state index is 12.8. The van der Waals surface area contributed by atoms with Crippen LogP contribution < -0.4 is 10.1 Å². The third-order valence-corrected chi connectivity index (χ3v) is 2.44. The summed E-state index contributed by atoms with van der Waals surface area (Å²) in [6, 6.07) is 4.43. The van der Waals surface area contributed by atoms with Crippen molar-refractivity contribution in [3.63, 3.8) is 0 Å². The molecule has 0 saturated heterocycles. The first-order valence-corrected chi connectivity index (χ1v) is 6.77. The summed E-state index contributed by atoms with van der Waals surface area (Å²) in [4.78, 5) is 11.5.